The Bertz CT molecular complexity index is 332. The van der Waals surface area contributed by atoms with Gasteiger partial charge < -0.3 is 9.53 Å². The number of para-hydroxylation sites is 1. The quantitative estimate of drug-likeness (QED) is 0.726. The van der Waals surface area contributed by atoms with Crippen LogP contribution in [0, 0.1) is 5.82 Å². The Labute approximate surface area is 93.0 Å². The molecule has 1 aromatic carbocycles. The van der Waals surface area contributed by atoms with Crippen molar-refractivity contribution in [3.63, 3.8) is 0 Å². The number of hydrogen-bond acceptors (Lipinski definition) is 2. The molecule has 0 amide bonds. The van der Waals surface area contributed by atoms with Crippen molar-refractivity contribution in [2.24, 2.45) is 0 Å². The minimum Gasteiger partial charge on any atom is -0.489 e. The molecule has 0 N–H and O–H groups in total. The molecule has 0 bridgehead atoms. The van der Waals surface area contributed by atoms with E-state index in [0.29, 0.717) is 19.4 Å². The smallest absolute Gasteiger partial charge is 0.173 e. The van der Waals surface area contributed by atoms with E-state index >= 15 is 0 Å². The second-order valence-electron chi connectivity index (χ2n) is 3.20. The van der Waals surface area contributed by atoms with Gasteiger partial charge in [-0.1, -0.05) is 17.7 Å². The van der Waals surface area contributed by atoms with Gasteiger partial charge in [0.1, 0.15) is 5.78 Å². The number of carbonyl (C=O) groups excluding carboxylic acids is 1. The van der Waals surface area contributed by atoms with Crippen molar-refractivity contribution < 1.29 is 13.9 Å². The molecule has 1 rings (SSSR count). The summed E-state index contributed by atoms with van der Waals surface area (Å²) < 4.78 is 18.3. The van der Waals surface area contributed by atoms with Crippen LogP contribution in [0.3, 0.4) is 0 Å². The van der Waals surface area contributed by atoms with Gasteiger partial charge in [0.05, 0.1) is 11.6 Å². The van der Waals surface area contributed by atoms with E-state index in [-0.39, 0.29) is 16.6 Å². The first-order chi connectivity index (χ1) is 7.11. The molecule has 0 heterocycles. The number of benzene rings is 1. The Hall–Kier alpha value is -1.09. The summed E-state index contributed by atoms with van der Waals surface area (Å²) in [6.07, 6.45) is 1.01. The van der Waals surface area contributed by atoms with E-state index < -0.39 is 5.82 Å². The van der Waals surface area contributed by atoms with E-state index in [0.717, 1.165) is 0 Å². The van der Waals surface area contributed by atoms with E-state index in [2.05, 4.69) is 0 Å². The van der Waals surface area contributed by atoms with Crippen molar-refractivity contribution in [1.29, 1.82) is 0 Å². The summed E-state index contributed by atoms with van der Waals surface area (Å²) in [6, 6.07) is 4.36. The monoisotopic (exact) mass is 230 g/mol. The molecule has 15 heavy (non-hydrogen) atoms. The Morgan fingerprint density at radius 3 is 2.87 bits per heavy atom. The van der Waals surface area contributed by atoms with E-state index in [9.17, 15) is 9.18 Å². The van der Waals surface area contributed by atoms with Crippen LogP contribution in [0.15, 0.2) is 18.2 Å². The highest BCUT2D eigenvalue weighted by molar-refractivity contribution is 6.32. The first kappa shape index (κ1) is 12.0. The first-order valence-corrected chi connectivity index (χ1v) is 5.05. The van der Waals surface area contributed by atoms with Crippen LogP contribution in [0.4, 0.5) is 4.39 Å². The third-order valence-corrected chi connectivity index (χ3v) is 2.14. The van der Waals surface area contributed by atoms with Gasteiger partial charge in [0, 0.05) is 6.42 Å². The number of halogens is 2. The van der Waals surface area contributed by atoms with Crippen molar-refractivity contribution in [3.05, 3.63) is 29.0 Å². The molecular weight excluding hydrogens is 219 g/mol. The van der Waals surface area contributed by atoms with Crippen molar-refractivity contribution in [2.45, 2.75) is 19.8 Å². The van der Waals surface area contributed by atoms with Gasteiger partial charge in [0.2, 0.25) is 0 Å². The third kappa shape index (κ3) is 3.88. The summed E-state index contributed by atoms with van der Waals surface area (Å²) in [5.74, 6) is -0.328. The molecule has 0 aliphatic carbocycles. The fourth-order valence-corrected chi connectivity index (χ4v) is 1.33. The topological polar surface area (TPSA) is 26.3 Å². The van der Waals surface area contributed by atoms with Crippen LogP contribution >= 0.6 is 11.6 Å². The third-order valence-electron chi connectivity index (χ3n) is 1.84. The molecule has 1 aromatic rings. The van der Waals surface area contributed by atoms with Gasteiger partial charge >= 0.3 is 0 Å². The lowest BCUT2D eigenvalue weighted by molar-refractivity contribution is -0.117. The predicted octanol–water partition coefficient (Wildman–Crippen LogP) is 3.23. The molecule has 0 atom stereocenters. The first-order valence-electron chi connectivity index (χ1n) is 4.67. The molecule has 0 radical (unpaired) electrons. The average Bonchev–Trinajstić information content (AvgIpc) is 2.15. The lowest BCUT2D eigenvalue weighted by Gasteiger charge is -2.07. The molecule has 82 valence electrons. The molecule has 2 nitrogen and oxygen atoms in total. The molecule has 0 saturated carbocycles. The van der Waals surface area contributed by atoms with Crippen LogP contribution in [0.5, 0.6) is 5.75 Å². The number of hydrogen-bond donors (Lipinski definition) is 0. The largest absolute Gasteiger partial charge is 0.489 e. The van der Waals surface area contributed by atoms with Gasteiger partial charge in [-0.2, -0.15) is 0 Å². The van der Waals surface area contributed by atoms with Gasteiger partial charge in [0.15, 0.2) is 11.6 Å². The maximum absolute atomic E-state index is 13.2. The molecule has 0 unspecified atom stereocenters. The summed E-state index contributed by atoms with van der Waals surface area (Å²) in [6.45, 7) is 1.80. The maximum Gasteiger partial charge on any atom is 0.173 e. The van der Waals surface area contributed by atoms with Crippen molar-refractivity contribution >= 4 is 17.4 Å². The van der Waals surface area contributed by atoms with Gasteiger partial charge in [-0.05, 0) is 25.5 Å². The van der Waals surface area contributed by atoms with E-state index in [1.165, 1.54) is 19.1 Å². The lowest BCUT2D eigenvalue weighted by Crippen LogP contribution is -2.02. The second kappa shape index (κ2) is 5.71. The Balaban J connectivity index is 2.47. The van der Waals surface area contributed by atoms with Crippen molar-refractivity contribution in [1.82, 2.24) is 0 Å². The zero-order chi connectivity index (χ0) is 11.3. The highest BCUT2D eigenvalue weighted by atomic mass is 35.5. The van der Waals surface area contributed by atoms with E-state index in [1.807, 2.05) is 0 Å². The SMILES string of the molecule is CC(=O)CCCOc1c(F)cccc1Cl. The van der Waals surface area contributed by atoms with Gasteiger partial charge in [-0.15, -0.1) is 0 Å². The molecule has 0 aliphatic rings. The highest BCUT2D eigenvalue weighted by Gasteiger charge is 2.07. The number of ketones is 1. The van der Waals surface area contributed by atoms with E-state index in [1.54, 1.807) is 6.07 Å². The molecule has 4 heteroatoms. The van der Waals surface area contributed by atoms with Crippen molar-refractivity contribution in [3.8, 4) is 5.75 Å². The molecule has 0 spiro atoms. The fraction of sp³-hybridized carbons (Fsp3) is 0.364. The Morgan fingerprint density at radius 2 is 2.27 bits per heavy atom. The number of rotatable bonds is 5. The molecule has 0 saturated heterocycles. The zero-order valence-corrected chi connectivity index (χ0v) is 9.18. The van der Waals surface area contributed by atoms with Gasteiger partial charge in [-0.3, -0.25) is 0 Å². The summed E-state index contributed by atoms with van der Waals surface area (Å²) in [4.78, 5) is 10.6. The minimum atomic E-state index is -0.481. The summed E-state index contributed by atoms with van der Waals surface area (Å²) in [7, 11) is 0. The Kier molecular flexibility index (Phi) is 4.56. The summed E-state index contributed by atoms with van der Waals surface area (Å²) in [5.41, 5.74) is 0. The fourth-order valence-electron chi connectivity index (χ4n) is 1.12. The van der Waals surface area contributed by atoms with Crippen molar-refractivity contribution in [2.75, 3.05) is 6.61 Å². The predicted molar refractivity (Wildman–Crippen MR) is 56.8 cm³/mol. The lowest BCUT2D eigenvalue weighted by atomic mass is 10.2. The standard InChI is InChI=1S/C11H12ClFO2/c1-8(14)4-3-7-15-11-9(12)5-2-6-10(11)13/h2,5-6H,3-4,7H2,1H3. The number of ether oxygens (including phenoxy) is 1. The highest BCUT2D eigenvalue weighted by Crippen LogP contribution is 2.27. The van der Waals surface area contributed by atoms with Crippen LogP contribution < -0.4 is 4.74 Å². The summed E-state index contributed by atoms with van der Waals surface area (Å²) in [5, 5.41) is 0.248. The molecular formula is C11H12ClFO2. The Morgan fingerprint density at radius 1 is 1.53 bits per heavy atom. The molecule has 0 aliphatic heterocycles. The van der Waals surface area contributed by atoms with Crippen LogP contribution in [0.2, 0.25) is 5.02 Å². The van der Waals surface area contributed by atoms with E-state index in [4.69, 9.17) is 16.3 Å². The zero-order valence-electron chi connectivity index (χ0n) is 8.43. The second-order valence-corrected chi connectivity index (χ2v) is 3.61. The van der Waals surface area contributed by atoms with Crippen LogP contribution in [0.25, 0.3) is 0 Å². The van der Waals surface area contributed by atoms with Crippen LogP contribution in [0.1, 0.15) is 19.8 Å². The average molecular weight is 231 g/mol. The molecule has 0 aromatic heterocycles. The summed E-state index contributed by atoms with van der Waals surface area (Å²) >= 11 is 5.74. The van der Waals surface area contributed by atoms with Gasteiger partial charge in [0.25, 0.3) is 0 Å². The number of carbonyl (C=O) groups is 1. The van der Waals surface area contributed by atoms with Gasteiger partial charge in [-0.25, -0.2) is 4.39 Å². The normalized spacial score (nSPS) is 10.1. The maximum atomic E-state index is 13.2. The van der Waals surface area contributed by atoms with Crippen LogP contribution in [-0.4, -0.2) is 12.4 Å². The number of Topliss-reactive ketones (excluding diaryl/α,β-unsaturated/α-hetero) is 1. The molecule has 0 fully saturated rings. The van der Waals surface area contributed by atoms with Crippen LogP contribution in [-0.2, 0) is 4.79 Å². The minimum absolute atomic E-state index is 0.0581.